The first-order valence-corrected chi connectivity index (χ1v) is 5.69. The third-order valence-corrected chi connectivity index (χ3v) is 2.76. The summed E-state index contributed by atoms with van der Waals surface area (Å²) >= 11 is 0. The summed E-state index contributed by atoms with van der Waals surface area (Å²) in [6.07, 6.45) is 2.84. The van der Waals surface area contributed by atoms with Crippen LogP contribution in [-0.4, -0.2) is 14.8 Å². The van der Waals surface area contributed by atoms with Crippen LogP contribution in [0.25, 0.3) is 0 Å². The lowest BCUT2D eigenvalue weighted by Gasteiger charge is -2.19. The molecule has 1 aromatic rings. The molecule has 4 heteroatoms. The van der Waals surface area contributed by atoms with Crippen LogP contribution in [0.1, 0.15) is 46.0 Å². The lowest BCUT2D eigenvalue weighted by molar-refractivity contribution is 0.407. The Balaban J connectivity index is 2.79. The summed E-state index contributed by atoms with van der Waals surface area (Å²) in [6.45, 7) is 9.59. The van der Waals surface area contributed by atoms with Crippen LogP contribution >= 0.6 is 0 Å². The van der Waals surface area contributed by atoms with E-state index in [1.807, 2.05) is 0 Å². The maximum Gasteiger partial charge on any atom is 0.150 e. The van der Waals surface area contributed by atoms with E-state index in [-0.39, 0.29) is 6.04 Å². The van der Waals surface area contributed by atoms with Crippen molar-refractivity contribution in [3.05, 3.63) is 12.2 Å². The maximum absolute atomic E-state index is 6.15. The van der Waals surface area contributed by atoms with Crippen LogP contribution < -0.4 is 5.73 Å². The number of aromatic nitrogens is 3. The van der Waals surface area contributed by atoms with E-state index >= 15 is 0 Å². The van der Waals surface area contributed by atoms with Gasteiger partial charge in [0, 0.05) is 6.54 Å². The van der Waals surface area contributed by atoms with Crippen LogP contribution in [0.15, 0.2) is 6.33 Å². The van der Waals surface area contributed by atoms with Gasteiger partial charge in [-0.2, -0.15) is 0 Å². The summed E-state index contributed by atoms with van der Waals surface area (Å²) in [5.74, 6) is 1.95. The van der Waals surface area contributed by atoms with Gasteiger partial charge >= 0.3 is 0 Å². The highest BCUT2D eigenvalue weighted by atomic mass is 15.3. The second-order valence-electron chi connectivity index (χ2n) is 4.65. The smallest absolute Gasteiger partial charge is 0.150 e. The van der Waals surface area contributed by atoms with Gasteiger partial charge in [-0.25, -0.2) is 0 Å². The third-order valence-electron chi connectivity index (χ3n) is 2.76. The summed E-state index contributed by atoms with van der Waals surface area (Å²) in [6, 6.07) is -0.00347. The topological polar surface area (TPSA) is 56.7 Å². The van der Waals surface area contributed by atoms with Gasteiger partial charge in [-0.05, 0) is 11.8 Å². The van der Waals surface area contributed by atoms with Gasteiger partial charge in [-0.3, -0.25) is 0 Å². The highest BCUT2D eigenvalue weighted by molar-refractivity contribution is 4.95. The van der Waals surface area contributed by atoms with Gasteiger partial charge in [0.1, 0.15) is 12.2 Å². The lowest BCUT2D eigenvalue weighted by Crippen LogP contribution is -2.23. The van der Waals surface area contributed by atoms with Crippen LogP contribution in [0.5, 0.6) is 0 Å². The lowest BCUT2D eigenvalue weighted by atomic mass is 9.99. The summed E-state index contributed by atoms with van der Waals surface area (Å²) in [7, 11) is 0. The van der Waals surface area contributed by atoms with Crippen molar-refractivity contribution in [2.45, 2.75) is 46.7 Å². The molecule has 0 aromatic carbocycles. The molecular weight excluding hydrogens is 188 g/mol. The molecule has 86 valence electrons. The predicted octanol–water partition coefficient (Wildman–Crippen LogP) is 1.98. The fourth-order valence-corrected chi connectivity index (χ4v) is 1.56. The molecule has 2 atom stereocenters. The van der Waals surface area contributed by atoms with Gasteiger partial charge in [-0.1, -0.05) is 34.1 Å². The van der Waals surface area contributed by atoms with E-state index in [4.69, 9.17) is 5.73 Å². The molecule has 1 heterocycles. The van der Waals surface area contributed by atoms with E-state index in [2.05, 4.69) is 42.5 Å². The van der Waals surface area contributed by atoms with Crippen LogP contribution in [-0.2, 0) is 6.54 Å². The Bertz CT molecular complexity index is 293. The van der Waals surface area contributed by atoms with E-state index < -0.39 is 0 Å². The highest BCUT2D eigenvalue weighted by Crippen LogP contribution is 2.20. The first-order chi connectivity index (χ1) is 7.06. The van der Waals surface area contributed by atoms with Crippen LogP contribution in [0.4, 0.5) is 0 Å². The molecule has 0 amide bonds. The molecule has 0 bridgehead atoms. The summed E-state index contributed by atoms with van der Waals surface area (Å²) in [4.78, 5) is 0. The Kier molecular flexibility index (Phi) is 4.27. The summed E-state index contributed by atoms with van der Waals surface area (Å²) in [5.41, 5.74) is 6.15. The number of rotatable bonds is 5. The summed E-state index contributed by atoms with van der Waals surface area (Å²) in [5, 5.41) is 8.07. The minimum absolute atomic E-state index is 0.00347. The molecule has 4 nitrogen and oxygen atoms in total. The van der Waals surface area contributed by atoms with Crippen molar-refractivity contribution in [1.29, 1.82) is 0 Å². The normalized spacial score (nSPS) is 15.6. The van der Waals surface area contributed by atoms with Crippen molar-refractivity contribution in [2.24, 2.45) is 17.6 Å². The number of nitrogens with zero attached hydrogens (tertiary/aromatic N) is 3. The molecule has 0 saturated heterocycles. The van der Waals surface area contributed by atoms with Crippen molar-refractivity contribution < 1.29 is 0 Å². The van der Waals surface area contributed by atoms with Crippen LogP contribution in [0.3, 0.4) is 0 Å². The minimum Gasteiger partial charge on any atom is -0.321 e. The molecule has 0 aliphatic carbocycles. The monoisotopic (exact) mass is 210 g/mol. The quantitative estimate of drug-likeness (QED) is 0.808. The van der Waals surface area contributed by atoms with Gasteiger partial charge in [0.2, 0.25) is 0 Å². The van der Waals surface area contributed by atoms with Gasteiger partial charge in [0.05, 0.1) is 6.04 Å². The Morgan fingerprint density at radius 1 is 1.40 bits per heavy atom. The molecule has 1 aromatic heterocycles. The Hall–Kier alpha value is -0.900. The molecule has 1 rings (SSSR count). The average Bonchev–Trinajstić information content (AvgIpc) is 2.62. The molecule has 15 heavy (non-hydrogen) atoms. The van der Waals surface area contributed by atoms with E-state index in [9.17, 15) is 0 Å². The van der Waals surface area contributed by atoms with Crippen LogP contribution in [0, 0.1) is 11.8 Å². The van der Waals surface area contributed by atoms with Crippen molar-refractivity contribution in [3.63, 3.8) is 0 Å². The van der Waals surface area contributed by atoms with Gasteiger partial charge in [0.15, 0.2) is 0 Å². The molecule has 0 spiro atoms. The number of hydrogen-bond donors (Lipinski definition) is 1. The van der Waals surface area contributed by atoms with Crippen molar-refractivity contribution in [2.75, 3.05) is 0 Å². The van der Waals surface area contributed by atoms with Crippen LogP contribution in [0.2, 0.25) is 0 Å². The van der Waals surface area contributed by atoms with Gasteiger partial charge in [-0.15, -0.1) is 10.2 Å². The summed E-state index contributed by atoms with van der Waals surface area (Å²) < 4.78 is 2.07. The van der Waals surface area contributed by atoms with Crippen molar-refractivity contribution in [1.82, 2.24) is 14.8 Å². The third kappa shape index (κ3) is 3.02. The van der Waals surface area contributed by atoms with E-state index in [1.165, 1.54) is 0 Å². The average molecular weight is 210 g/mol. The SMILES string of the molecule is CCC(C)C(N)c1nncn1CC(C)C. The zero-order chi connectivity index (χ0) is 11.4. The molecule has 0 aliphatic heterocycles. The van der Waals surface area contributed by atoms with Gasteiger partial charge in [0.25, 0.3) is 0 Å². The maximum atomic E-state index is 6.15. The molecule has 0 radical (unpaired) electrons. The second-order valence-corrected chi connectivity index (χ2v) is 4.65. The molecule has 2 N–H and O–H groups in total. The largest absolute Gasteiger partial charge is 0.321 e. The van der Waals surface area contributed by atoms with E-state index in [0.717, 1.165) is 18.8 Å². The molecular formula is C11H22N4. The fourth-order valence-electron chi connectivity index (χ4n) is 1.56. The number of nitrogens with two attached hydrogens (primary N) is 1. The molecule has 0 fully saturated rings. The highest BCUT2D eigenvalue weighted by Gasteiger charge is 2.19. The van der Waals surface area contributed by atoms with E-state index in [0.29, 0.717) is 11.8 Å². The zero-order valence-electron chi connectivity index (χ0n) is 10.1. The first-order valence-electron chi connectivity index (χ1n) is 5.69. The predicted molar refractivity (Wildman–Crippen MR) is 61.2 cm³/mol. The number of hydrogen-bond acceptors (Lipinski definition) is 3. The Labute approximate surface area is 91.9 Å². The first kappa shape index (κ1) is 12.2. The molecule has 2 unspecified atom stereocenters. The van der Waals surface area contributed by atoms with Gasteiger partial charge < -0.3 is 10.3 Å². The Morgan fingerprint density at radius 2 is 2.07 bits per heavy atom. The fraction of sp³-hybridized carbons (Fsp3) is 0.818. The second kappa shape index (κ2) is 5.26. The zero-order valence-corrected chi connectivity index (χ0v) is 10.1. The Morgan fingerprint density at radius 3 is 2.60 bits per heavy atom. The van der Waals surface area contributed by atoms with Crippen molar-refractivity contribution >= 4 is 0 Å². The molecule has 0 saturated carbocycles. The minimum atomic E-state index is -0.00347. The molecule has 0 aliphatic rings. The van der Waals surface area contributed by atoms with E-state index in [1.54, 1.807) is 6.33 Å². The standard InChI is InChI=1S/C11H22N4/c1-5-9(4)10(12)11-14-13-7-15(11)6-8(2)3/h7-10H,5-6,12H2,1-4H3. The van der Waals surface area contributed by atoms with Crippen molar-refractivity contribution in [3.8, 4) is 0 Å².